The monoisotopic (exact) mass is 398 g/mol. The van der Waals surface area contributed by atoms with Crippen molar-refractivity contribution in [1.29, 1.82) is 5.26 Å². The molecular weight excluding hydrogens is 384 g/mol. The third-order valence-corrected chi connectivity index (χ3v) is 4.00. The zero-order valence-electron chi connectivity index (χ0n) is 13.4. The lowest BCUT2D eigenvalue weighted by molar-refractivity contribution is -0.112. The topological polar surface area (TPSA) is 90.2 Å². The third-order valence-electron chi connectivity index (χ3n) is 3.47. The normalized spacial score (nSPS) is 11.2. The van der Waals surface area contributed by atoms with Gasteiger partial charge < -0.3 is 10.4 Å². The maximum Gasteiger partial charge on any atom is 0.269 e. The first-order valence-electron chi connectivity index (χ1n) is 7.50. The lowest BCUT2D eigenvalue weighted by Gasteiger charge is -2.07. The molecule has 0 aliphatic carbocycles. The van der Waals surface area contributed by atoms with Crippen molar-refractivity contribution in [1.82, 2.24) is 0 Å². The second kappa shape index (κ2) is 8.27. The van der Waals surface area contributed by atoms with Gasteiger partial charge in [-0.05, 0) is 48.5 Å². The van der Waals surface area contributed by atoms with Crippen LogP contribution >= 0.6 is 15.9 Å². The molecule has 0 saturated heterocycles. The first-order chi connectivity index (χ1) is 12.0. The van der Waals surface area contributed by atoms with Crippen LogP contribution in [-0.2, 0) is 4.79 Å². The summed E-state index contributed by atoms with van der Waals surface area (Å²) in [5.74, 6) is -1.08. The predicted molar refractivity (Wildman–Crippen MR) is 98.2 cm³/mol. The highest BCUT2D eigenvalue weighted by Gasteiger charge is 2.15. The lowest BCUT2D eigenvalue weighted by Crippen LogP contribution is -2.15. The Bertz CT molecular complexity index is 863. The van der Waals surface area contributed by atoms with Gasteiger partial charge in [0.15, 0.2) is 11.4 Å². The minimum atomic E-state index is -0.686. The fourth-order valence-corrected chi connectivity index (χ4v) is 2.35. The number of nitrogens with one attached hydrogen (secondary N) is 1. The molecular formula is C19H15BrN2O3. The number of benzene rings is 2. The number of aliphatic hydroxyl groups excluding tert-OH is 1. The first-order valence-corrected chi connectivity index (χ1v) is 8.29. The molecule has 0 aromatic heterocycles. The Morgan fingerprint density at radius 3 is 2.08 bits per heavy atom. The van der Waals surface area contributed by atoms with E-state index in [4.69, 9.17) is 5.26 Å². The van der Waals surface area contributed by atoms with E-state index in [1.54, 1.807) is 61.5 Å². The quantitative estimate of drug-likeness (QED) is 0.338. The number of ketones is 1. The number of hydrogen-bond donors (Lipinski definition) is 2. The fraction of sp³-hybridized carbons (Fsp3) is 0.105. The minimum absolute atomic E-state index is 0.133. The zero-order valence-corrected chi connectivity index (χ0v) is 15.0. The van der Waals surface area contributed by atoms with Crippen LogP contribution in [0.1, 0.15) is 29.3 Å². The van der Waals surface area contributed by atoms with Crippen LogP contribution in [0.5, 0.6) is 0 Å². The number of hydrogen-bond acceptors (Lipinski definition) is 4. The van der Waals surface area contributed by atoms with Crippen molar-refractivity contribution in [2.45, 2.75) is 13.3 Å². The fourth-order valence-electron chi connectivity index (χ4n) is 2.09. The Balaban J connectivity index is 2.15. The van der Waals surface area contributed by atoms with Gasteiger partial charge in [0.2, 0.25) is 0 Å². The SMILES string of the molecule is CCC(O)=C(C#N)C(=O)Nc1ccc(C(=O)c2ccc(Br)cc2)cc1. The van der Waals surface area contributed by atoms with E-state index in [0.29, 0.717) is 16.8 Å². The van der Waals surface area contributed by atoms with Gasteiger partial charge in [0.25, 0.3) is 5.91 Å². The van der Waals surface area contributed by atoms with E-state index < -0.39 is 5.91 Å². The molecule has 25 heavy (non-hydrogen) atoms. The molecule has 0 bridgehead atoms. The summed E-state index contributed by atoms with van der Waals surface area (Å²) in [6, 6.07) is 15.0. The van der Waals surface area contributed by atoms with E-state index in [9.17, 15) is 14.7 Å². The van der Waals surface area contributed by atoms with Crippen LogP contribution in [0.3, 0.4) is 0 Å². The van der Waals surface area contributed by atoms with Crippen LogP contribution in [-0.4, -0.2) is 16.8 Å². The number of carbonyl (C=O) groups is 2. The molecule has 0 aliphatic rings. The summed E-state index contributed by atoms with van der Waals surface area (Å²) >= 11 is 3.32. The molecule has 0 unspecified atom stereocenters. The van der Waals surface area contributed by atoms with Gasteiger partial charge in [-0.25, -0.2) is 0 Å². The van der Waals surface area contributed by atoms with Crippen molar-refractivity contribution < 1.29 is 14.7 Å². The molecule has 126 valence electrons. The number of rotatable bonds is 5. The van der Waals surface area contributed by atoms with Gasteiger partial charge in [0.05, 0.1) is 0 Å². The van der Waals surface area contributed by atoms with E-state index in [0.717, 1.165) is 4.47 Å². The summed E-state index contributed by atoms with van der Waals surface area (Å²) in [6.45, 7) is 1.64. The van der Waals surface area contributed by atoms with E-state index in [2.05, 4.69) is 21.2 Å². The van der Waals surface area contributed by atoms with Gasteiger partial charge in [-0.1, -0.05) is 22.9 Å². The van der Waals surface area contributed by atoms with Gasteiger partial charge in [-0.15, -0.1) is 0 Å². The second-order valence-corrected chi connectivity index (χ2v) is 6.07. The maximum absolute atomic E-state index is 12.4. The molecule has 0 atom stereocenters. The summed E-state index contributed by atoms with van der Waals surface area (Å²) in [6.07, 6.45) is 0.191. The number of nitriles is 1. The number of anilines is 1. The largest absolute Gasteiger partial charge is 0.511 e. The summed E-state index contributed by atoms with van der Waals surface area (Å²) in [5, 5.41) is 21.1. The van der Waals surface area contributed by atoms with Crippen molar-refractivity contribution in [2.75, 3.05) is 5.32 Å². The molecule has 2 aromatic rings. The number of allylic oxidation sites excluding steroid dienone is 1. The van der Waals surface area contributed by atoms with E-state index in [-0.39, 0.29) is 23.5 Å². The Morgan fingerprint density at radius 1 is 1.08 bits per heavy atom. The van der Waals surface area contributed by atoms with Crippen LogP contribution in [0.25, 0.3) is 0 Å². The highest BCUT2D eigenvalue weighted by atomic mass is 79.9. The zero-order chi connectivity index (χ0) is 18.4. The third kappa shape index (κ3) is 4.55. The van der Waals surface area contributed by atoms with Crippen molar-refractivity contribution in [3.05, 3.63) is 75.5 Å². The minimum Gasteiger partial charge on any atom is -0.511 e. The maximum atomic E-state index is 12.4. The van der Waals surface area contributed by atoms with E-state index >= 15 is 0 Å². The number of amides is 1. The molecule has 1 amide bonds. The van der Waals surface area contributed by atoms with Crippen LogP contribution in [0.4, 0.5) is 5.69 Å². The number of aliphatic hydroxyl groups is 1. The molecule has 2 N–H and O–H groups in total. The highest BCUT2D eigenvalue weighted by Crippen LogP contribution is 2.17. The summed E-state index contributed by atoms with van der Waals surface area (Å²) in [7, 11) is 0. The van der Waals surface area contributed by atoms with E-state index in [1.165, 1.54) is 0 Å². The lowest BCUT2D eigenvalue weighted by atomic mass is 10.0. The van der Waals surface area contributed by atoms with Crippen molar-refractivity contribution in [3.8, 4) is 6.07 Å². The van der Waals surface area contributed by atoms with Gasteiger partial charge in [-0.2, -0.15) is 5.26 Å². The average molecular weight is 399 g/mol. The highest BCUT2D eigenvalue weighted by molar-refractivity contribution is 9.10. The van der Waals surface area contributed by atoms with Crippen molar-refractivity contribution in [2.24, 2.45) is 0 Å². The molecule has 0 aliphatic heterocycles. The molecule has 0 fully saturated rings. The standard InChI is InChI=1S/C19H15BrN2O3/c1-2-17(23)16(11-21)19(25)22-15-9-5-13(6-10-15)18(24)12-3-7-14(20)8-4-12/h3-10,23H,2H2,1H3,(H,22,25). The molecule has 0 heterocycles. The molecule has 2 rings (SSSR count). The van der Waals surface area contributed by atoms with Crippen molar-refractivity contribution >= 4 is 33.3 Å². The molecule has 2 aromatic carbocycles. The molecule has 6 heteroatoms. The van der Waals surface area contributed by atoms with Gasteiger partial charge in [-0.3, -0.25) is 9.59 Å². The Hall–Kier alpha value is -2.91. The van der Waals surface area contributed by atoms with Gasteiger partial charge in [0, 0.05) is 27.7 Å². The Morgan fingerprint density at radius 2 is 1.60 bits per heavy atom. The smallest absolute Gasteiger partial charge is 0.269 e. The van der Waals surface area contributed by atoms with Crippen LogP contribution in [0.15, 0.2) is 64.3 Å². The number of nitrogens with zero attached hydrogens (tertiary/aromatic N) is 1. The number of carbonyl (C=O) groups excluding carboxylic acids is 2. The Labute approximate surface area is 153 Å². The summed E-state index contributed by atoms with van der Waals surface area (Å²) in [5.41, 5.74) is 1.14. The molecule has 0 spiro atoms. The molecule has 0 saturated carbocycles. The Kier molecular flexibility index (Phi) is 6.09. The van der Waals surface area contributed by atoms with Crippen LogP contribution < -0.4 is 5.32 Å². The number of halogens is 1. The average Bonchev–Trinajstić information content (AvgIpc) is 2.62. The summed E-state index contributed by atoms with van der Waals surface area (Å²) < 4.78 is 0.888. The molecule has 0 radical (unpaired) electrons. The van der Waals surface area contributed by atoms with Gasteiger partial charge in [0.1, 0.15) is 11.8 Å². The van der Waals surface area contributed by atoms with Crippen LogP contribution in [0, 0.1) is 11.3 Å². The predicted octanol–water partition coefficient (Wildman–Crippen LogP) is 4.36. The van der Waals surface area contributed by atoms with Crippen molar-refractivity contribution in [3.63, 3.8) is 0 Å². The summed E-state index contributed by atoms with van der Waals surface area (Å²) in [4.78, 5) is 24.4. The van der Waals surface area contributed by atoms with Crippen LogP contribution in [0.2, 0.25) is 0 Å². The van der Waals surface area contributed by atoms with Gasteiger partial charge >= 0.3 is 0 Å². The molecule has 5 nitrogen and oxygen atoms in total. The van der Waals surface area contributed by atoms with E-state index in [1.807, 2.05) is 0 Å². The second-order valence-electron chi connectivity index (χ2n) is 5.15. The first kappa shape index (κ1) is 18.4.